The molecular formula is C10H17N3O4. The van der Waals surface area contributed by atoms with Crippen molar-refractivity contribution in [3.8, 4) is 0 Å². The smallest absolute Gasteiger partial charge is 0.360 e. The van der Waals surface area contributed by atoms with Crippen molar-refractivity contribution < 1.29 is 19.4 Å². The summed E-state index contributed by atoms with van der Waals surface area (Å²) >= 11 is 0. The standard InChI is InChI=1S/C10H17N3O4/c1-7(14)6-13-8(2)9(11-12-13)10(15)17-5-4-16-3/h7,14H,4-6H2,1-3H3. The Balaban J connectivity index is 2.65. The van der Waals surface area contributed by atoms with Gasteiger partial charge in [0.15, 0.2) is 5.69 Å². The zero-order chi connectivity index (χ0) is 12.8. The second kappa shape index (κ2) is 6.31. The largest absolute Gasteiger partial charge is 0.458 e. The van der Waals surface area contributed by atoms with E-state index in [-0.39, 0.29) is 12.3 Å². The predicted molar refractivity (Wildman–Crippen MR) is 58.6 cm³/mol. The number of hydrogen-bond donors (Lipinski definition) is 1. The monoisotopic (exact) mass is 243 g/mol. The number of methoxy groups -OCH3 is 1. The molecule has 0 saturated heterocycles. The average molecular weight is 243 g/mol. The van der Waals surface area contributed by atoms with Gasteiger partial charge in [0.05, 0.1) is 24.9 Å². The van der Waals surface area contributed by atoms with Crippen molar-refractivity contribution in [2.24, 2.45) is 0 Å². The van der Waals surface area contributed by atoms with Crippen molar-refractivity contribution in [3.05, 3.63) is 11.4 Å². The molecule has 0 spiro atoms. The van der Waals surface area contributed by atoms with E-state index in [0.717, 1.165) is 0 Å². The highest BCUT2D eigenvalue weighted by atomic mass is 16.6. The van der Waals surface area contributed by atoms with Gasteiger partial charge in [0.2, 0.25) is 0 Å². The average Bonchev–Trinajstić information content (AvgIpc) is 2.60. The Morgan fingerprint density at radius 2 is 2.24 bits per heavy atom. The van der Waals surface area contributed by atoms with Crippen LogP contribution in [0.2, 0.25) is 0 Å². The molecule has 7 nitrogen and oxygen atoms in total. The number of rotatable bonds is 6. The van der Waals surface area contributed by atoms with Gasteiger partial charge in [0, 0.05) is 7.11 Å². The number of nitrogens with zero attached hydrogens (tertiary/aromatic N) is 3. The molecule has 17 heavy (non-hydrogen) atoms. The van der Waals surface area contributed by atoms with Gasteiger partial charge in [-0.25, -0.2) is 9.48 Å². The summed E-state index contributed by atoms with van der Waals surface area (Å²) in [6, 6.07) is 0. The first kappa shape index (κ1) is 13.6. The number of aliphatic hydroxyl groups is 1. The summed E-state index contributed by atoms with van der Waals surface area (Å²) in [5.41, 5.74) is 0.745. The Morgan fingerprint density at radius 1 is 1.53 bits per heavy atom. The molecular weight excluding hydrogens is 226 g/mol. The van der Waals surface area contributed by atoms with E-state index in [4.69, 9.17) is 9.47 Å². The highest BCUT2D eigenvalue weighted by molar-refractivity contribution is 5.88. The third-order valence-electron chi connectivity index (χ3n) is 2.13. The van der Waals surface area contributed by atoms with Gasteiger partial charge in [-0.3, -0.25) is 0 Å². The number of carbonyl (C=O) groups excluding carboxylic acids is 1. The number of esters is 1. The summed E-state index contributed by atoms with van der Waals surface area (Å²) in [5.74, 6) is -0.531. The van der Waals surface area contributed by atoms with Gasteiger partial charge in [0.1, 0.15) is 6.61 Å². The molecule has 0 radical (unpaired) electrons. The number of aromatic nitrogens is 3. The van der Waals surface area contributed by atoms with Crippen molar-refractivity contribution in [3.63, 3.8) is 0 Å². The molecule has 0 aromatic carbocycles. The van der Waals surface area contributed by atoms with Crippen molar-refractivity contribution in [2.75, 3.05) is 20.3 Å². The summed E-state index contributed by atoms with van der Waals surface area (Å²) in [7, 11) is 1.53. The van der Waals surface area contributed by atoms with Crippen LogP contribution in [0.25, 0.3) is 0 Å². The van der Waals surface area contributed by atoms with Crippen molar-refractivity contribution >= 4 is 5.97 Å². The highest BCUT2D eigenvalue weighted by Crippen LogP contribution is 2.06. The fourth-order valence-corrected chi connectivity index (χ4v) is 1.26. The number of carbonyl (C=O) groups is 1. The second-order valence-electron chi connectivity index (χ2n) is 3.68. The van der Waals surface area contributed by atoms with Gasteiger partial charge in [-0.2, -0.15) is 0 Å². The molecule has 0 bridgehead atoms. The van der Waals surface area contributed by atoms with Crippen molar-refractivity contribution in [1.29, 1.82) is 0 Å². The topological polar surface area (TPSA) is 86.5 Å². The van der Waals surface area contributed by atoms with Crippen LogP contribution >= 0.6 is 0 Å². The summed E-state index contributed by atoms with van der Waals surface area (Å²) < 4.78 is 11.2. The molecule has 1 rings (SSSR count). The molecule has 0 amide bonds. The maximum absolute atomic E-state index is 11.6. The van der Waals surface area contributed by atoms with Crippen LogP contribution in [0.3, 0.4) is 0 Å². The van der Waals surface area contributed by atoms with E-state index in [2.05, 4.69) is 10.3 Å². The first-order valence-corrected chi connectivity index (χ1v) is 5.30. The fourth-order valence-electron chi connectivity index (χ4n) is 1.26. The number of ether oxygens (including phenoxy) is 2. The maximum atomic E-state index is 11.6. The zero-order valence-electron chi connectivity index (χ0n) is 10.2. The van der Waals surface area contributed by atoms with E-state index in [1.807, 2.05) is 0 Å². The molecule has 1 unspecified atom stereocenters. The molecule has 0 aliphatic heterocycles. The van der Waals surface area contributed by atoms with Crippen LogP contribution in [0.4, 0.5) is 0 Å². The molecule has 0 fully saturated rings. The lowest BCUT2D eigenvalue weighted by molar-refractivity contribution is 0.0380. The van der Waals surface area contributed by atoms with Crippen LogP contribution < -0.4 is 0 Å². The van der Waals surface area contributed by atoms with Gasteiger partial charge >= 0.3 is 5.97 Å². The molecule has 96 valence electrons. The minimum atomic E-state index is -0.548. The first-order chi connectivity index (χ1) is 8.06. The van der Waals surface area contributed by atoms with Gasteiger partial charge in [-0.1, -0.05) is 5.21 Å². The van der Waals surface area contributed by atoms with Crippen LogP contribution in [0, 0.1) is 6.92 Å². The lowest BCUT2D eigenvalue weighted by Crippen LogP contribution is -2.15. The molecule has 1 heterocycles. The van der Waals surface area contributed by atoms with E-state index in [1.54, 1.807) is 13.8 Å². The molecule has 1 aromatic rings. The van der Waals surface area contributed by atoms with E-state index in [0.29, 0.717) is 18.8 Å². The zero-order valence-corrected chi connectivity index (χ0v) is 10.2. The van der Waals surface area contributed by atoms with Crippen LogP contribution in [-0.2, 0) is 16.0 Å². The molecule has 0 saturated carbocycles. The third kappa shape index (κ3) is 3.79. The van der Waals surface area contributed by atoms with Crippen molar-refractivity contribution in [2.45, 2.75) is 26.5 Å². The minimum absolute atomic E-state index is 0.168. The quantitative estimate of drug-likeness (QED) is 0.548. The molecule has 0 aliphatic carbocycles. The summed E-state index contributed by atoms with van der Waals surface area (Å²) in [4.78, 5) is 11.6. The van der Waals surface area contributed by atoms with Crippen LogP contribution in [0.5, 0.6) is 0 Å². The lowest BCUT2D eigenvalue weighted by atomic mass is 10.3. The van der Waals surface area contributed by atoms with Crippen LogP contribution in [0.15, 0.2) is 0 Å². The van der Waals surface area contributed by atoms with Crippen LogP contribution in [-0.4, -0.2) is 52.5 Å². The Labute approximate surface area is 99.3 Å². The number of hydrogen-bond acceptors (Lipinski definition) is 6. The minimum Gasteiger partial charge on any atom is -0.458 e. The third-order valence-corrected chi connectivity index (χ3v) is 2.13. The SMILES string of the molecule is COCCOC(=O)c1nnn(CC(C)O)c1C. The summed E-state index contributed by atoms with van der Waals surface area (Å²) in [6.45, 7) is 4.15. The van der Waals surface area contributed by atoms with E-state index in [9.17, 15) is 9.90 Å². The highest BCUT2D eigenvalue weighted by Gasteiger charge is 2.18. The van der Waals surface area contributed by atoms with Gasteiger partial charge in [-0.05, 0) is 13.8 Å². The second-order valence-corrected chi connectivity index (χ2v) is 3.68. The molecule has 1 N–H and O–H groups in total. The Hall–Kier alpha value is -1.47. The van der Waals surface area contributed by atoms with Gasteiger partial charge < -0.3 is 14.6 Å². The van der Waals surface area contributed by atoms with Crippen molar-refractivity contribution in [1.82, 2.24) is 15.0 Å². The van der Waals surface area contributed by atoms with E-state index in [1.165, 1.54) is 11.8 Å². The van der Waals surface area contributed by atoms with Crippen LogP contribution in [0.1, 0.15) is 23.1 Å². The van der Waals surface area contributed by atoms with Gasteiger partial charge in [0.25, 0.3) is 0 Å². The lowest BCUT2D eigenvalue weighted by Gasteiger charge is -2.05. The first-order valence-electron chi connectivity index (χ1n) is 5.30. The summed E-state index contributed by atoms with van der Waals surface area (Å²) in [5, 5.41) is 16.7. The predicted octanol–water partition coefficient (Wildman–Crippen LogP) is -0.229. The molecule has 1 atom stereocenters. The molecule has 0 aliphatic rings. The Morgan fingerprint density at radius 3 is 2.82 bits per heavy atom. The van der Waals surface area contributed by atoms with E-state index >= 15 is 0 Å². The van der Waals surface area contributed by atoms with Gasteiger partial charge in [-0.15, -0.1) is 5.10 Å². The Bertz CT molecular complexity index is 376. The Kier molecular flexibility index (Phi) is 5.05. The normalized spacial score (nSPS) is 12.5. The number of aliphatic hydroxyl groups excluding tert-OH is 1. The summed E-state index contributed by atoms with van der Waals surface area (Å²) in [6.07, 6.45) is -0.548. The fraction of sp³-hybridized carbons (Fsp3) is 0.700. The maximum Gasteiger partial charge on any atom is 0.360 e. The van der Waals surface area contributed by atoms with E-state index < -0.39 is 12.1 Å². The molecule has 1 aromatic heterocycles. The molecule has 7 heteroatoms.